The Bertz CT molecular complexity index is 654. The maximum absolute atomic E-state index is 11.2. The van der Waals surface area contributed by atoms with E-state index < -0.39 is 0 Å². The second-order valence-corrected chi connectivity index (χ2v) is 5.49. The van der Waals surface area contributed by atoms with Gasteiger partial charge in [0.25, 0.3) is 0 Å². The molecule has 0 atom stereocenters. The van der Waals surface area contributed by atoms with Crippen molar-refractivity contribution in [1.29, 1.82) is 0 Å². The molecule has 7 nitrogen and oxygen atoms in total. The molecule has 1 aliphatic heterocycles. The number of carbonyl (C=O) groups is 1. The van der Waals surface area contributed by atoms with Crippen molar-refractivity contribution in [3.63, 3.8) is 0 Å². The summed E-state index contributed by atoms with van der Waals surface area (Å²) in [6, 6.07) is 1.70. The molecule has 3 heterocycles. The number of rotatable bonds is 3. The molecule has 21 heavy (non-hydrogen) atoms. The number of carbonyl (C=O) groups excluding carboxylic acids is 1. The quantitative estimate of drug-likeness (QED) is 0.859. The zero-order valence-corrected chi connectivity index (χ0v) is 12.5. The fourth-order valence-electron chi connectivity index (χ4n) is 1.93. The Morgan fingerprint density at radius 2 is 2.24 bits per heavy atom. The van der Waals surface area contributed by atoms with Crippen molar-refractivity contribution in [3.05, 3.63) is 23.3 Å². The first-order valence-corrected chi connectivity index (χ1v) is 7.29. The number of hydrogen-bond donors (Lipinski definition) is 0. The third kappa shape index (κ3) is 2.94. The molecule has 0 aromatic carbocycles. The molecular weight excluding hydrogens is 292 g/mol. The highest BCUT2D eigenvalue weighted by Crippen LogP contribution is 2.22. The van der Waals surface area contributed by atoms with Crippen molar-refractivity contribution < 1.29 is 14.3 Å². The fourth-order valence-corrected chi connectivity index (χ4v) is 2.66. The van der Waals surface area contributed by atoms with Crippen molar-refractivity contribution in [2.45, 2.75) is 13.0 Å². The predicted octanol–water partition coefficient (Wildman–Crippen LogP) is 1.74. The Kier molecular flexibility index (Phi) is 3.70. The first-order chi connectivity index (χ1) is 10.2. The third-order valence-electron chi connectivity index (χ3n) is 3.01. The molecule has 8 heteroatoms. The molecule has 110 valence electrons. The second-order valence-electron chi connectivity index (χ2n) is 4.63. The molecule has 2 aromatic rings. The number of thiazole rings is 1. The Morgan fingerprint density at radius 3 is 2.90 bits per heavy atom. The van der Waals surface area contributed by atoms with E-state index in [9.17, 15) is 4.79 Å². The summed E-state index contributed by atoms with van der Waals surface area (Å²) in [4.78, 5) is 25.7. The number of amides is 1. The molecule has 2 aromatic heterocycles. The van der Waals surface area contributed by atoms with Gasteiger partial charge in [0.2, 0.25) is 5.88 Å². The van der Waals surface area contributed by atoms with Crippen molar-refractivity contribution >= 4 is 17.4 Å². The van der Waals surface area contributed by atoms with Gasteiger partial charge in [0.05, 0.1) is 20.2 Å². The van der Waals surface area contributed by atoms with Gasteiger partial charge in [0.15, 0.2) is 10.8 Å². The maximum Gasteiger partial charge on any atom is 0.409 e. The Hall–Kier alpha value is -2.22. The van der Waals surface area contributed by atoms with Gasteiger partial charge in [-0.15, -0.1) is 11.3 Å². The molecule has 0 unspecified atom stereocenters. The van der Waals surface area contributed by atoms with Crippen LogP contribution in [0.5, 0.6) is 5.88 Å². The summed E-state index contributed by atoms with van der Waals surface area (Å²) in [5.41, 5.74) is 0.942. The average molecular weight is 306 g/mol. The van der Waals surface area contributed by atoms with Crippen LogP contribution in [0.2, 0.25) is 0 Å². The molecule has 0 saturated carbocycles. The van der Waals surface area contributed by atoms with Crippen molar-refractivity contribution in [3.8, 4) is 16.7 Å². The van der Waals surface area contributed by atoms with Crippen LogP contribution in [0.3, 0.4) is 0 Å². The molecule has 3 rings (SSSR count). The van der Waals surface area contributed by atoms with Crippen LogP contribution in [0.25, 0.3) is 10.8 Å². The van der Waals surface area contributed by atoms with Crippen LogP contribution in [0.15, 0.2) is 17.6 Å². The van der Waals surface area contributed by atoms with Crippen LogP contribution in [0.1, 0.15) is 5.69 Å². The van der Waals surface area contributed by atoms with Crippen LogP contribution in [0, 0.1) is 6.92 Å². The lowest BCUT2D eigenvalue weighted by molar-refractivity contribution is 0.0161. The molecule has 1 amide bonds. The highest BCUT2D eigenvalue weighted by atomic mass is 32.1. The number of aromatic nitrogens is 3. The standard InChI is InChI=1S/C13H14N4O3S/c1-8-7-21-12(15-8)11-14-4-3-10(16-11)20-9-5-17(6-9)13(18)19-2/h3-4,7,9H,5-6H2,1-2H3. The van der Waals surface area contributed by atoms with Gasteiger partial charge in [-0.05, 0) is 6.92 Å². The van der Waals surface area contributed by atoms with Crippen molar-refractivity contribution in [2.24, 2.45) is 0 Å². The van der Waals surface area contributed by atoms with E-state index in [1.807, 2.05) is 12.3 Å². The highest BCUT2D eigenvalue weighted by Gasteiger charge is 2.33. The predicted molar refractivity (Wildman–Crippen MR) is 76.3 cm³/mol. The number of likely N-dealkylation sites (tertiary alicyclic amines) is 1. The zero-order valence-electron chi connectivity index (χ0n) is 11.6. The van der Waals surface area contributed by atoms with Gasteiger partial charge in [-0.1, -0.05) is 0 Å². The Balaban J connectivity index is 1.64. The third-order valence-corrected chi connectivity index (χ3v) is 3.96. The van der Waals surface area contributed by atoms with Crippen LogP contribution in [-0.2, 0) is 4.74 Å². The first-order valence-electron chi connectivity index (χ1n) is 6.41. The fraction of sp³-hybridized carbons (Fsp3) is 0.385. The van der Waals surface area contributed by atoms with E-state index in [0.717, 1.165) is 10.7 Å². The molecule has 1 saturated heterocycles. The van der Waals surface area contributed by atoms with Crippen LogP contribution in [0.4, 0.5) is 4.79 Å². The van der Waals surface area contributed by atoms with Crippen LogP contribution >= 0.6 is 11.3 Å². The van der Waals surface area contributed by atoms with Gasteiger partial charge in [-0.3, -0.25) is 0 Å². The number of hydrogen-bond acceptors (Lipinski definition) is 7. The monoisotopic (exact) mass is 306 g/mol. The SMILES string of the molecule is COC(=O)N1CC(Oc2ccnc(-c3nc(C)cs3)n2)C1. The minimum absolute atomic E-state index is 0.0649. The van der Waals surface area contributed by atoms with Crippen LogP contribution in [-0.4, -0.2) is 52.2 Å². The van der Waals surface area contributed by atoms with E-state index in [2.05, 4.69) is 19.7 Å². The maximum atomic E-state index is 11.2. The van der Waals surface area contributed by atoms with Gasteiger partial charge in [0.1, 0.15) is 6.10 Å². The van der Waals surface area contributed by atoms with E-state index in [1.54, 1.807) is 17.2 Å². The Morgan fingerprint density at radius 1 is 1.43 bits per heavy atom. The number of nitrogens with zero attached hydrogens (tertiary/aromatic N) is 4. The molecule has 0 spiro atoms. The van der Waals surface area contributed by atoms with E-state index >= 15 is 0 Å². The molecular formula is C13H14N4O3S. The van der Waals surface area contributed by atoms with E-state index in [-0.39, 0.29) is 12.2 Å². The lowest BCUT2D eigenvalue weighted by Crippen LogP contribution is -2.56. The molecule has 0 radical (unpaired) electrons. The summed E-state index contributed by atoms with van der Waals surface area (Å²) < 4.78 is 10.4. The number of aryl methyl sites for hydroxylation is 1. The molecule has 0 N–H and O–H groups in total. The minimum Gasteiger partial charge on any atom is -0.470 e. The zero-order chi connectivity index (χ0) is 14.8. The van der Waals surface area contributed by atoms with Gasteiger partial charge >= 0.3 is 6.09 Å². The first kappa shape index (κ1) is 13.7. The second kappa shape index (κ2) is 5.65. The van der Waals surface area contributed by atoms with Gasteiger partial charge in [-0.2, -0.15) is 4.98 Å². The van der Waals surface area contributed by atoms with Crippen molar-refractivity contribution in [1.82, 2.24) is 19.9 Å². The van der Waals surface area contributed by atoms with E-state index in [4.69, 9.17) is 4.74 Å². The number of methoxy groups -OCH3 is 1. The van der Waals surface area contributed by atoms with Gasteiger partial charge in [-0.25, -0.2) is 14.8 Å². The summed E-state index contributed by atoms with van der Waals surface area (Å²) in [5.74, 6) is 1.04. The smallest absolute Gasteiger partial charge is 0.409 e. The largest absolute Gasteiger partial charge is 0.470 e. The topological polar surface area (TPSA) is 77.4 Å². The summed E-state index contributed by atoms with van der Waals surface area (Å²) in [6.45, 7) is 2.93. The van der Waals surface area contributed by atoms with Gasteiger partial charge < -0.3 is 14.4 Å². The van der Waals surface area contributed by atoms with E-state index in [0.29, 0.717) is 24.8 Å². The summed E-state index contributed by atoms with van der Waals surface area (Å²) >= 11 is 1.50. The molecule has 0 aliphatic carbocycles. The normalized spacial score (nSPS) is 14.7. The van der Waals surface area contributed by atoms with E-state index in [1.165, 1.54) is 18.4 Å². The minimum atomic E-state index is -0.337. The number of ether oxygens (including phenoxy) is 2. The molecule has 0 bridgehead atoms. The molecule has 1 aliphatic rings. The van der Waals surface area contributed by atoms with Crippen molar-refractivity contribution in [2.75, 3.05) is 20.2 Å². The summed E-state index contributed by atoms with van der Waals surface area (Å²) in [7, 11) is 1.36. The summed E-state index contributed by atoms with van der Waals surface area (Å²) in [5, 5.41) is 2.72. The lowest BCUT2D eigenvalue weighted by Gasteiger charge is -2.37. The van der Waals surface area contributed by atoms with Crippen LogP contribution < -0.4 is 4.74 Å². The summed E-state index contributed by atoms with van der Waals surface area (Å²) in [6.07, 6.45) is 1.24. The molecule has 1 fully saturated rings. The van der Waals surface area contributed by atoms with Gasteiger partial charge in [0, 0.05) is 23.3 Å². The Labute approximate surface area is 125 Å². The highest BCUT2D eigenvalue weighted by molar-refractivity contribution is 7.13. The average Bonchev–Trinajstić information content (AvgIpc) is 2.88. The lowest BCUT2D eigenvalue weighted by atomic mass is 10.2.